The van der Waals surface area contributed by atoms with E-state index in [0.717, 1.165) is 0 Å². The SMILES string of the molecule is CCOC(=O)C(C)(C)C1(O)COC1. The first-order chi connectivity index (χ1) is 5.94. The monoisotopic (exact) mass is 188 g/mol. The Kier molecular flexibility index (Phi) is 2.63. The van der Waals surface area contributed by atoms with E-state index >= 15 is 0 Å². The Labute approximate surface area is 77.8 Å². The van der Waals surface area contributed by atoms with Crippen LogP contribution in [0.2, 0.25) is 0 Å². The van der Waals surface area contributed by atoms with Gasteiger partial charge in [0.05, 0.1) is 25.2 Å². The molecule has 0 unspecified atom stereocenters. The van der Waals surface area contributed by atoms with E-state index < -0.39 is 11.0 Å². The summed E-state index contributed by atoms with van der Waals surface area (Å²) in [5.41, 5.74) is -1.94. The molecule has 0 aromatic heterocycles. The van der Waals surface area contributed by atoms with Gasteiger partial charge in [0.2, 0.25) is 0 Å². The molecule has 0 aliphatic carbocycles. The fraction of sp³-hybridized carbons (Fsp3) is 0.889. The Bertz CT molecular complexity index is 206. The van der Waals surface area contributed by atoms with Crippen molar-refractivity contribution in [1.29, 1.82) is 0 Å². The Balaban J connectivity index is 2.68. The number of esters is 1. The lowest BCUT2D eigenvalue weighted by atomic mass is 9.73. The summed E-state index contributed by atoms with van der Waals surface area (Å²) >= 11 is 0. The summed E-state index contributed by atoms with van der Waals surface area (Å²) in [6, 6.07) is 0. The van der Waals surface area contributed by atoms with E-state index in [-0.39, 0.29) is 19.2 Å². The van der Waals surface area contributed by atoms with Gasteiger partial charge in [-0.25, -0.2) is 0 Å². The molecule has 0 spiro atoms. The Hall–Kier alpha value is -0.610. The van der Waals surface area contributed by atoms with Crippen LogP contribution in [0.4, 0.5) is 0 Å². The van der Waals surface area contributed by atoms with Crippen molar-refractivity contribution in [2.24, 2.45) is 5.41 Å². The fourth-order valence-corrected chi connectivity index (χ4v) is 1.16. The van der Waals surface area contributed by atoms with Crippen LogP contribution in [0.5, 0.6) is 0 Å². The van der Waals surface area contributed by atoms with Gasteiger partial charge < -0.3 is 14.6 Å². The van der Waals surface area contributed by atoms with E-state index in [0.29, 0.717) is 6.61 Å². The van der Waals surface area contributed by atoms with Crippen LogP contribution in [0.25, 0.3) is 0 Å². The Morgan fingerprint density at radius 1 is 1.62 bits per heavy atom. The molecular formula is C9H16O4. The molecule has 0 atom stereocenters. The molecule has 76 valence electrons. The minimum Gasteiger partial charge on any atom is -0.465 e. The third-order valence-corrected chi connectivity index (χ3v) is 2.63. The standard InChI is InChI=1S/C9H16O4/c1-4-13-7(10)8(2,3)9(11)5-12-6-9/h11H,4-6H2,1-3H3. The van der Waals surface area contributed by atoms with Crippen molar-refractivity contribution in [2.45, 2.75) is 26.4 Å². The van der Waals surface area contributed by atoms with Gasteiger partial charge >= 0.3 is 5.97 Å². The van der Waals surface area contributed by atoms with Crippen molar-refractivity contribution in [3.05, 3.63) is 0 Å². The number of rotatable bonds is 3. The van der Waals surface area contributed by atoms with Gasteiger partial charge in [-0.05, 0) is 20.8 Å². The zero-order valence-electron chi connectivity index (χ0n) is 8.29. The average Bonchev–Trinajstić information content (AvgIpc) is 2.00. The second-order valence-electron chi connectivity index (χ2n) is 3.87. The normalized spacial score (nSPS) is 20.6. The molecule has 4 nitrogen and oxygen atoms in total. The van der Waals surface area contributed by atoms with Crippen LogP contribution in [0.15, 0.2) is 0 Å². The van der Waals surface area contributed by atoms with E-state index in [1.54, 1.807) is 20.8 Å². The van der Waals surface area contributed by atoms with E-state index in [1.807, 2.05) is 0 Å². The van der Waals surface area contributed by atoms with Crippen LogP contribution in [-0.2, 0) is 14.3 Å². The zero-order chi connectivity index (χ0) is 10.1. The van der Waals surface area contributed by atoms with E-state index in [9.17, 15) is 9.90 Å². The smallest absolute Gasteiger partial charge is 0.314 e. The van der Waals surface area contributed by atoms with Crippen LogP contribution in [-0.4, -0.2) is 36.5 Å². The molecule has 0 saturated carbocycles. The first-order valence-electron chi connectivity index (χ1n) is 4.41. The third kappa shape index (κ3) is 1.56. The van der Waals surface area contributed by atoms with Crippen molar-refractivity contribution < 1.29 is 19.4 Å². The van der Waals surface area contributed by atoms with Gasteiger partial charge in [0.15, 0.2) is 0 Å². The van der Waals surface area contributed by atoms with Crippen molar-refractivity contribution in [3.8, 4) is 0 Å². The molecule has 4 heteroatoms. The number of carbonyl (C=O) groups excluding carboxylic acids is 1. The van der Waals surface area contributed by atoms with Gasteiger partial charge in [-0.15, -0.1) is 0 Å². The van der Waals surface area contributed by atoms with Gasteiger partial charge in [-0.1, -0.05) is 0 Å². The van der Waals surface area contributed by atoms with Crippen LogP contribution in [0.3, 0.4) is 0 Å². The topological polar surface area (TPSA) is 55.8 Å². The third-order valence-electron chi connectivity index (χ3n) is 2.63. The quantitative estimate of drug-likeness (QED) is 0.649. The number of ether oxygens (including phenoxy) is 2. The highest BCUT2D eigenvalue weighted by atomic mass is 16.6. The number of hydrogen-bond acceptors (Lipinski definition) is 4. The molecule has 1 rings (SSSR count). The van der Waals surface area contributed by atoms with Gasteiger partial charge in [-0.2, -0.15) is 0 Å². The first-order valence-corrected chi connectivity index (χ1v) is 4.41. The summed E-state index contributed by atoms with van der Waals surface area (Å²) in [6.07, 6.45) is 0. The van der Waals surface area contributed by atoms with Crippen LogP contribution < -0.4 is 0 Å². The molecule has 0 amide bonds. The van der Waals surface area contributed by atoms with Crippen LogP contribution in [0, 0.1) is 5.41 Å². The Morgan fingerprint density at radius 2 is 2.15 bits per heavy atom. The molecule has 1 saturated heterocycles. The highest BCUT2D eigenvalue weighted by molar-refractivity contribution is 5.77. The maximum Gasteiger partial charge on any atom is 0.314 e. The van der Waals surface area contributed by atoms with Gasteiger partial charge in [0.1, 0.15) is 5.60 Å². The summed E-state index contributed by atoms with van der Waals surface area (Å²) in [6.45, 7) is 5.84. The number of carbonyl (C=O) groups is 1. The van der Waals surface area contributed by atoms with Crippen molar-refractivity contribution >= 4 is 5.97 Å². The second-order valence-corrected chi connectivity index (χ2v) is 3.87. The lowest BCUT2D eigenvalue weighted by Crippen LogP contribution is -2.62. The van der Waals surface area contributed by atoms with E-state index in [4.69, 9.17) is 9.47 Å². The van der Waals surface area contributed by atoms with Crippen molar-refractivity contribution in [1.82, 2.24) is 0 Å². The van der Waals surface area contributed by atoms with Gasteiger partial charge in [0.25, 0.3) is 0 Å². The largest absolute Gasteiger partial charge is 0.465 e. The minimum absolute atomic E-state index is 0.207. The highest BCUT2D eigenvalue weighted by Crippen LogP contribution is 2.37. The maximum atomic E-state index is 11.5. The number of hydrogen-bond donors (Lipinski definition) is 1. The van der Waals surface area contributed by atoms with E-state index in [1.165, 1.54) is 0 Å². The molecule has 1 aliphatic heterocycles. The summed E-state index contributed by atoms with van der Waals surface area (Å²) in [5.74, 6) is -0.374. The first kappa shape index (κ1) is 10.5. The molecule has 1 aliphatic rings. The lowest BCUT2D eigenvalue weighted by Gasteiger charge is -2.46. The molecule has 1 heterocycles. The molecule has 0 aromatic rings. The van der Waals surface area contributed by atoms with Crippen LogP contribution >= 0.6 is 0 Å². The van der Waals surface area contributed by atoms with Crippen molar-refractivity contribution in [2.75, 3.05) is 19.8 Å². The lowest BCUT2D eigenvalue weighted by molar-refractivity contribution is -0.238. The van der Waals surface area contributed by atoms with E-state index in [2.05, 4.69) is 0 Å². The highest BCUT2D eigenvalue weighted by Gasteiger charge is 2.54. The van der Waals surface area contributed by atoms with Crippen LogP contribution in [0.1, 0.15) is 20.8 Å². The molecule has 13 heavy (non-hydrogen) atoms. The second kappa shape index (κ2) is 3.27. The molecular weight excluding hydrogens is 172 g/mol. The minimum atomic E-state index is -1.06. The fourth-order valence-electron chi connectivity index (χ4n) is 1.16. The zero-order valence-corrected chi connectivity index (χ0v) is 8.29. The number of aliphatic hydroxyl groups is 1. The van der Waals surface area contributed by atoms with Gasteiger partial charge in [-0.3, -0.25) is 4.79 Å². The molecule has 0 radical (unpaired) electrons. The van der Waals surface area contributed by atoms with Crippen molar-refractivity contribution in [3.63, 3.8) is 0 Å². The molecule has 1 N–H and O–H groups in total. The summed E-state index contributed by atoms with van der Waals surface area (Å²) in [4.78, 5) is 11.5. The maximum absolute atomic E-state index is 11.5. The average molecular weight is 188 g/mol. The predicted octanol–water partition coefficient (Wildman–Crippen LogP) is 0.337. The molecule has 0 aromatic carbocycles. The summed E-state index contributed by atoms with van der Waals surface area (Å²) < 4.78 is 9.77. The molecule has 1 fully saturated rings. The molecule has 0 bridgehead atoms. The predicted molar refractivity (Wildman–Crippen MR) is 46.2 cm³/mol. The summed E-state index contributed by atoms with van der Waals surface area (Å²) in [5, 5.41) is 9.91. The van der Waals surface area contributed by atoms with Gasteiger partial charge in [0, 0.05) is 0 Å². The summed E-state index contributed by atoms with van der Waals surface area (Å²) in [7, 11) is 0. The Morgan fingerprint density at radius 3 is 2.46 bits per heavy atom.